The molecule has 0 atom stereocenters. The first-order chi connectivity index (χ1) is 11.3. The second-order valence-electron chi connectivity index (χ2n) is 5.64. The van der Waals surface area contributed by atoms with Gasteiger partial charge in [0.25, 0.3) is 0 Å². The summed E-state index contributed by atoms with van der Waals surface area (Å²) < 4.78 is 5.57. The van der Waals surface area contributed by atoms with E-state index < -0.39 is 0 Å². The Morgan fingerprint density at radius 2 is 2.00 bits per heavy atom. The molecule has 24 heavy (non-hydrogen) atoms. The lowest BCUT2D eigenvalue weighted by Gasteiger charge is -2.12. The zero-order valence-corrected chi connectivity index (χ0v) is 16.4. The molecular weight excluding hydrogens is 419 g/mol. The summed E-state index contributed by atoms with van der Waals surface area (Å²) in [4.78, 5) is 15.9. The Morgan fingerprint density at radius 3 is 2.67 bits per heavy atom. The number of carbonyl (C=O) groups is 1. The minimum Gasteiger partial charge on any atom is -0.381 e. The van der Waals surface area contributed by atoms with Crippen LogP contribution in [0.5, 0.6) is 0 Å². The molecule has 0 spiro atoms. The second-order valence-corrected chi connectivity index (χ2v) is 5.64. The highest BCUT2D eigenvalue weighted by Crippen LogP contribution is 2.28. The maximum absolute atomic E-state index is 11.8. The van der Waals surface area contributed by atoms with Crippen LogP contribution in [0.2, 0.25) is 0 Å². The summed E-state index contributed by atoms with van der Waals surface area (Å²) in [6.45, 7) is 2.60. The Bertz CT molecular complexity index is 507. The molecule has 1 amide bonds. The summed E-state index contributed by atoms with van der Waals surface area (Å²) in [5.41, 5.74) is 0.787. The molecule has 1 fully saturated rings. The van der Waals surface area contributed by atoms with E-state index in [1.165, 1.54) is 12.8 Å². The number of amides is 1. The van der Waals surface area contributed by atoms with Crippen LogP contribution in [0.1, 0.15) is 19.3 Å². The lowest BCUT2D eigenvalue weighted by molar-refractivity contribution is -0.115. The standard InChI is InChI=1S/C17H26N4O2.HI/c1-18-17(19-10-5-11-23-13-14-8-9-14)20-12-16(22)21-15-6-3-2-4-7-15;/h2-4,6-7,14H,5,8-13H2,1H3,(H,21,22)(H2,18,19,20);1H. The van der Waals surface area contributed by atoms with Gasteiger partial charge in [-0.05, 0) is 37.3 Å². The fourth-order valence-corrected chi connectivity index (χ4v) is 2.03. The number of hydrogen-bond donors (Lipinski definition) is 3. The average molecular weight is 446 g/mol. The van der Waals surface area contributed by atoms with Crippen molar-refractivity contribution in [1.82, 2.24) is 10.6 Å². The molecule has 1 aromatic carbocycles. The lowest BCUT2D eigenvalue weighted by atomic mass is 10.3. The van der Waals surface area contributed by atoms with Crippen molar-refractivity contribution in [2.24, 2.45) is 10.9 Å². The van der Waals surface area contributed by atoms with Gasteiger partial charge in [0, 0.05) is 32.5 Å². The Morgan fingerprint density at radius 1 is 1.25 bits per heavy atom. The number of halogens is 1. The third kappa shape index (κ3) is 9.07. The molecule has 1 aliphatic carbocycles. The van der Waals surface area contributed by atoms with E-state index in [4.69, 9.17) is 4.74 Å². The van der Waals surface area contributed by atoms with Crippen molar-refractivity contribution < 1.29 is 9.53 Å². The first-order valence-electron chi connectivity index (χ1n) is 8.15. The van der Waals surface area contributed by atoms with Crippen LogP contribution in [0.25, 0.3) is 0 Å². The molecule has 1 aliphatic rings. The number of nitrogens with zero attached hydrogens (tertiary/aromatic N) is 1. The number of rotatable bonds is 9. The Labute approximate surface area is 160 Å². The molecule has 3 N–H and O–H groups in total. The normalized spacial score (nSPS) is 13.8. The first-order valence-corrected chi connectivity index (χ1v) is 8.15. The number of ether oxygens (including phenoxy) is 1. The molecule has 1 saturated carbocycles. The number of benzene rings is 1. The van der Waals surface area contributed by atoms with Gasteiger partial charge in [-0.2, -0.15) is 0 Å². The number of anilines is 1. The van der Waals surface area contributed by atoms with E-state index in [1.54, 1.807) is 7.05 Å². The summed E-state index contributed by atoms with van der Waals surface area (Å²) >= 11 is 0. The van der Waals surface area contributed by atoms with Crippen LogP contribution < -0.4 is 16.0 Å². The fraction of sp³-hybridized carbons (Fsp3) is 0.529. The van der Waals surface area contributed by atoms with Crippen LogP contribution in [0.4, 0.5) is 5.69 Å². The highest BCUT2D eigenvalue weighted by atomic mass is 127. The summed E-state index contributed by atoms with van der Waals surface area (Å²) in [6.07, 6.45) is 3.56. The van der Waals surface area contributed by atoms with E-state index in [0.29, 0.717) is 5.96 Å². The summed E-state index contributed by atoms with van der Waals surface area (Å²) in [7, 11) is 1.69. The van der Waals surface area contributed by atoms with Crippen molar-refractivity contribution in [2.45, 2.75) is 19.3 Å². The van der Waals surface area contributed by atoms with Gasteiger partial charge in [-0.3, -0.25) is 9.79 Å². The topological polar surface area (TPSA) is 74.8 Å². The van der Waals surface area contributed by atoms with Crippen molar-refractivity contribution in [2.75, 3.05) is 38.7 Å². The van der Waals surface area contributed by atoms with Crippen molar-refractivity contribution in [3.05, 3.63) is 30.3 Å². The van der Waals surface area contributed by atoms with E-state index in [0.717, 1.165) is 37.8 Å². The van der Waals surface area contributed by atoms with Crippen LogP contribution in [0.3, 0.4) is 0 Å². The van der Waals surface area contributed by atoms with E-state index in [2.05, 4.69) is 20.9 Å². The molecule has 6 nitrogen and oxygen atoms in total. The lowest BCUT2D eigenvalue weighted by Crippen LogP contribution is -2.41. The monoisotopic (exact) mass is 446 g/mol. The number of guanidine groups is 1. The molecule has 0 aromatic heterocycles. The largest absolute Gasteiger partial charge is 0.381 e. The maximum Gasteiger partial charge on any atom is 0.243 e. The number of para-hydroxylation sites is 1. The van der Waals surface area contributed by atoms with Gasteiger partial charge in [-0.25, -0.2) is 0 Å². The molecule has 7 heteroatoms. The molecule has 0 unspecified atom stereocenters. The van der Waals surface area contributed by atoms with Crippen LogP contribution in [-0.4, -0.2) is 45.2 Å². The van der Waals surface area contributed by atoms with Crippen molar-refractivity contribution in [3.8, 4) is 0 Å². The minimum absolute atomic E-state index is 0. The molecule has 0 aliphatic heterocycles. The minimum atomic E-state index is -0.105. The molecule has 0 bridgehead atoms. The van der Waals surface area contributed by atoms with Gasteiger partial charge in [0.15, 0.2) is 5.96 Å². The number of nitrogens with one attached hydrogen (secondary N) is 3. The maximum atomic E-state index is 11.8. The third-order valence-electron chi connectivity index (χ3n) is 3.51. The number of hydrogen-bond acceptors (Lipinski definition) is 3. The van der Waals surface area contributed by atoms with Crippen molar-refractivity contribution in [1.29, 1.82) is 0 Å². The molecule has 0 saturated heterocycles. The molecule has 0 radical (unpaired) electrons. The Balaban J connectivity index is 0.00000288. The summed E-state index contributed by atoms with van der Waals surface area (Å²) in [5.74, 6) is 1.32. The highest BCUT2D eigenvalue weighted by Gasteiger charge is 2.20. The van der Waals surface area contributed by atoms with Gasteiger partial charge in [0.05, 0.1) is 6.54 Å². The van der Waals surface area contributed by atoms with Crippen LogP contribution in [-0.2, 0) is 9.53 Å². The van der Waals surface area contributed by atoms with Gasteiger partial charge in [0.1, 0.15) is 0 Å². The predicted octanol–water partition coefficient (Wildman–Crippen LogP) is 2.22. The zero-order valence-electron chi connectivity index (χ0n) is 14.1. The van der Waals surface area contributed by atoms with Crippen LogP contribution in [0, 0.1) is 5.92 Å². The van der Waals surface area contributed by atoms with Crippen LogP contribution >= 0.6 is 24.0 Å². The Hall–Kier alpha value is -1.35. The van der Waals surface area contributed by atoms with Gasteiger partial charge < -0.3 is 20.7 Å². The third-order valence-corrected chi connectivity index (χ3v) is 3.51. The first kappa shape index (κ1) is 20.7. The van der Waals surface area contributed by atoms with Crippen molar-refractivity contribution in [3.63, 3.8) is 0 Å². The summed E-state index contributed by atoms with van der Waals surface area (Å²) in [6, 6.07) is 9.39. The predicted molar refractivity (Wildman–Crippen MR) is 108 cm³/mol. The smallest absolute Gasteiger partial charge is 0.243 e. The van der Waals surface area contributed by atoms with Crippen molar-refractivity contribution >= 4 is 41.5 Å². The number of carbonyl (C=O) groups excluding carboxylic acids is 1. The second kappa shape index (κ2) is 12.1. The quantitative estimate of drug-likeness (QED) is 0.236. The van der Waals surface area contributed by atoms with Gasteiger partial charge in [-0.15, -0.1) is 24.0 Å². The molecular formula is C17H27IN4O2. The van der Waals surface area contributed by atoms with Gasteiger partial charge in [0.2, 0.25) is 5.91 Å². The number of aliphatic imine (C=N–C) groups is 1. The van der Waals surface area contributed by atoms with E-state index in [1.807, 2.05) is 30.3 Å². The van der Waals surface area contributed by atoms with E-state index in [9.17, 15) is 4.79 Å². The summed E-state index contributed by atoms with van der Waals surface area (Å²) in [5, 5.41) is 8.98. The van der Waals surface area contributed by atoms with Gasteiger partial charge in [-0.1, -0.05) is 18.2 Å². The SMILES string of the molecule is CN=C(NCCCOCC1CC1)NCC(=O)Nc1ccccc1.I. The average Bonchev–Trinajstić information content (AvgIpc) is 3.38. The fourth-order valence-electron chi connectivity index (χ4n) is 2.03. The molecule has 0 heterocycles. The van der Waals surface area contributed by atoms with Crippen LogP contribution in [0.15, 0.2) is 35.3 Å². The molecule has 2 rings (SSSR count). The highest BCUT2D eigenvalue weighted by molar-refractivity contribution is 14.0. The molecule has 1 aromatic rings. The van der Waals surface area contributed by atoms with E-state index in [-0.39, 0.29) is 36.4 Å². The van der Waals surface area contributed by atoms with E-state index >= 15 is 0 Å². The van der Waals surface area contributed by atoms with Gasteiger partial charge >= 0.3 is 0 Å². The Kier molecular flexibility index (Phi) is 10.4. The molecule has 134 valence electrons. The zero-order chi connectivity index (χ0) is 16.3.